The number of hydrogen-bond donors (Lipinski definition) is 28. The first-order chi connectivity index (χ1) is 49.2. The van der Waals surface area contributed by atoms with E-state index in [0.717, 1.165) is 0 Å². The minimum Gasteiger partial charge on any atom is -0.394 e. The van der Waals surface area contributed by atoms with Crippen molar-refractivity contribution >= 4 is 0 Å². The van der Waals surface area contributed by atoms with E-state index < -0.39 is 348 Å². The Bertz CT molecular complexity index is 2600. The van der Waals surface area contributed by atoms with Crippen LogP contribution in [0.4, 0.5) is 0 Å². The van der Waals surface area contributed by atoms with Crippen LogP contribution in [0.5, 0.6) is 0 Å². The standard InChI is InChI=1S/C57H96O47/c1-11-21(64)28(71)37(80)50(92-11)103-47-31(74)25(68)15(2-58)94-57(47)104-46-24(67)14(63)7-88-56(46)91-10-20-44(34(77)41(84)54(98-20)99-42-16(3-59)93-48(85)35(78)32(42)75)101-52-39(82)30(73)27(70)19(97-52)9-90-55-45(23(66)13(62)6-87-55)102-53-40(83)33(76)43(17(4-60)95-53)100-51-38(81)29(72)26(69)18(96-51)8-89-49-36(79)22(65)12(61)5-86-49/h11-85H,2-10H2,1H3/t11-,12+,13+,14+,15+,16+,17+,18+,19+,20+,21+,22-,23-,24-,25-,26+,27+,28+,29-,30-,31-,32+,33+,34+,35+,36+,37-,38+,39+,40+,41+,42+,43-,44+,45+,46+,47+,48+,49+,50-,51-,52-,53-,54-,55+,56+,57-/m0/s1. The van der Waals surface area contributed by atoms with Gasteiger partial charge in [0, 0.05) is 0 Å². The molecule has 10 heterocycles. The Hall–Kier alpha value is -1.88. The first kappa shape index (κ1) is 84.6. The fourth-order valence-electron chi connectivity index (χ4n) is 13.2. The molecule has 606 valence electrons. The summed E-state index contributed by atoms with van der Waals surface area (Å²) in [5.74, 6) is 0. The van der Waals surface area contributed by atoms with E-state index in [1.807, 2.05) is 0 Å². The number of ether oxygens (including phenoxy) is 19. The lowest BCUT2D eigenvalue weighted by atomic mass is 9.96. The molecule has 0 saturated carbocycles. The molecule has 10 fully saturated rings. The molecule has 0 aromatic heterocycles. The van der Waals surface area contributed by atoms with Gasteiger partial charge in [0.25, 0.3) is 0 Å². The molecule has 10 aliphatic heterocycles. The van der Waals surface area contributed by atoms with Gasteiger partial charge in [-0.05, 0) is 6.92 Å². The molecule has 0 spiro atoms. The number of aliphatic hydroxyl groups is 28. The van der Waals surface area contributed by atoms with Crippen LogP contribution in [-0.4, -0.2) is 491 Å². The van der Waals surface area contributed by atoms with Crippen LogP contribution in [0.25, 0.3) is 0 Å². The van der Waals surface area contributed by atoms with Gasteiger partial charge in [-0.2, -0.15) is 0 Å². The smallest absolute Gasteiger partial charge is 0.187 e. The molecular weight excluding hydrogens is 1440 g/mol. The first-order valence-corrected chi connectivity index (χ1v) is 33.3. The molecule has 0 amide bonds. The lowest BCUT2D eigenvalue weighted by molar-refractivity contribution is -0.395. The molecule has 0 radical (unpaired) electrons. The third kappa shape index (κ3) is 17.9. The van der Waals surface area contributed by atoms with Crippen molar-refractivity contribution in [1.29, 1.82) is 0 Å². The zero-order valence-electron chi connectivity index (χ0n) is 54.8. The van der Waals surface area contributed by atoms with E-state index in [1.165, 1.54) is 6.92 Å². The second-order valence-electron chi connectivity index (χ2n) is 26.8. The fraction of sp³-hybridized carbons (Fsp3) is 1.00. The Kier molecular flexibility index (Phi) is 29.5. The third-order valence-electron chi connectivity index (χ3n) is 19.6. The summed E-state index contributed by atoms with van der Waals surface area (Å²) < 4.78 is 108. The van der Waals surface area contributed by atoms with E-state index in [-0.39, 0.29) is 0 Å². The number of aliphatic hydroxyl groups excluding tert-OH is 28. The fourth-order valence-corrected chi connectivity index (χ4v) is 13.2. The second-order valence-corrected chi connectivity index (χ2v) is 26.8. The van der Waals surface area contributed by atoms with Crippen LogP contribution in [0.2, 0.25) is 0 Å². The zero-order chi connectivity index (χ0) is 75.9. The monoisotopic (exact) mass is 1530 g/mol. The third-order valence-corrected chi connectivity index (χ3v) is 19.6. The molecule has 28 N–H and O–H groups in total. The molecule has 0 aromatic rings. The summed E-state index contributed by atoms with van der Waals surface area (Å²) in [6.45, 7) is -6.56. The van der Waals surface area contributed by atoms with Crippen molar-refractivity contribution in [1.82, 2.24) is 0 Å². The van der Waals surface area contributed by atoms with E-state index in [9.17, 15) is 143 Å². The van der Waals surface area contributed by atoms with Crippen molar-refractivity contribution in [2.24, 2.45) is 0 Å². The number of rotatable bonds is 24. The summed E-state index contributed by atoms with van der Waals surface area (Å²) in [4.78, 5) is 0. The average molecular weight is 1530 g/mol. The van der Waals surface area contributed by atoms with Crippen molar-refractivity contribution < 1.29 is 233 Å². The molecule has 10 rings (SSSR count). The van der Waals surface area contributed by atoms with Gasteiger partial charge >= 0.3 is 0 Å². The molecule has 47 nitrogen and oxygen atoms in total. The van der Waals surface area contributed by atoms with Gasteiger partial charge in [-0.1, -0.05) is 0 Å². The SMILES string of the molecule is C[C@@H]1O[C@@H](O[C@H]2[C@H](O[C@H]3[C@@H](OC[C@H]4O[C@@H](O[C@H]5[C@H](O)[C@@H](O)[C@H](O)O[C@@H]5CO)[C@H](O)[C@@H](O)[C@@H]4O[C@@H]4O[C@H](CO[C@H]5OC[C@@H](O)[C@H](O)[C@H]5O[C@@H]5O[C@H](CO)[C@H](O[C@@H]6O[C@H](CO[C@H]7OC[C@@H](O)[C@H](O)[C@H]7O)[C@@H](O)[C@H](O)[C@H]6O)[C@H](O)[C@H]5O)[C@@H](O)[C@H](O)[C@H]4O)OC[C@@H](O)[C@@H]3O)O[C@H](CO)[C@H](O)[C@@H]2O)[C@@H](O)[C@H](O)[C@@H]1O. The maximum atomic E-state index is 12.0. The summed E-state index contributed by atoms with van der Waals surface area (Å²) in [5, 5.41) is 304. The highest BCUT2D eigenvalue weighted by Gasteiger charge is 2.59. The van der Waals surface area contributed by atoms with Crippen LogP contribution in [0.3, 0.4) is 0 Å². The van der Waals surface area contributed by atoms with E-state index in [0.29, 0.717) is 0 Å². The maximum Gasteiger partial charge on any atom is 0.187 e. The highest BCUT2D eigenvalue weighted by atomic mass is 16.8. The van der Waals surface area contributed by atoms with Gasteiger partial charge in [0.2, 0.25) is 0 Å². The lowest BCUT2D eigenvalue weighted by Crippen LogP contribution is -2.67. The van der Waals surface area contributed by atoms with Gasteiger partial charge in [0.05, 0.1) is 65.6 Å². The van der Waals surface area contributed by atoms with Gasteiger partial charge in [0.15, 0.2) is 62.9 Å². The largest absolute Gasteiger partial charge is 0.394 e. The predicted molar refractivity (Wildman–Crippen MR) is 310 cm³/mol. The molecule has 0 bridgehead atoms. The molecule has 10 aliphatic rings. The zero-order valence-corrected chi connectivity index (χ0v) is 54.8. The summed E-state index contributed by atoms with van der Waals surface area (Å²) in [6, 6.07) is 0. The minimum atomic E-state index is -2.38. The molecule has 104 heavy (non-hydrogen) atoms. The van der Waals surface area contributed by atoms with Crippen LogP contribution < -0.4 is 0 Å². The van der Waals surface area contributed by atoms with E-state index in [2.05, 4.69) is 0 Å². The van der Waals surface area contributed by atoms with E-state index in [4.69, 9.17) is 90.0 Å². The summed E-state index contributed by atoms with van der Waals surface area (Å²) in [6.07, 6.45) is -92.9. The van der Waals surface area contributed by atoms with Gasteiger partial charge < -0.3 is 233 Å². The Morgan fingerprint density at radius 2 is 0.519 bits per heavy atom. The van der Waals surface area contributed by atoms with Crippen molar-refractivity contribution in [3.05, 3.63) is 0 Å². The predicted octanol–water partition coefficient (Wildman–Crippen LogP) is -19.9. The van der Waals surface area contributed by atoms with Crippen molar-refractivity contribution in [3.8, 4) is 0 Å². The molecule has 0 unspecified atom stereocenters. The second kappa shape index (κ2) is 36.3. The van der Waals surface area contributed by atoms with E-state index in [1.54, 1.807) is 0 Å². The summed E-state index contributed by atoms with van der Waals surface area (Å²) in [5.41, 5.74) is 0. The molecule has 47 atom stereocenters. The topological polar surface area (TPSA) is 742 Å². The normalized spacial score (nSPS) is 54.4. The Labute approximate surface area is 587 Å². The van der Waals surface area contributed by atoms with Gasteiger partial charge in [0.1, 0.15) is 220 Å². The highest BCUT2D eigenvalue weighted by Crippen LogP contribution is 2.39. The Morgan fingerprint density at radius 1 is 0.231 bits per heavy atom. The molecule has 0 aromatic carbocycles. The molecule has 0 aliphatic carbocycles. The quantitative estimate of drug-likeness (QED) is 0.0427. The van der Waals surface area contributed by atoms with Crippen molar-refractivity contribution in [2.75, 3.05) is 59.5 Å². The van der Waals surface area contributed by atoms with Crippen molar-refractivity contribution in [3.63, 3.8) is 0 Å². The van der Waals surface area contributed by atoms with Crippen LogP contribution in [0.15, 0.2) is 0 Å². The van der Waals surface area contributed by atoms with Crippen LogP contribution in [-0.2, 0) is 90.0 Å². The molecular formula is C57H96O47. The highest BCUT2D eigenvalue weighted by molar-refractivity contribution is 5.01. The number of hydrogen-bond acceptors (Lipinski definition) is 47. The van der Waals surface area contributed by atoms with Crippen LogP contribution in [0.1, 0.15) is 6.92 Å². The van der Waals surface area contributed by atoms with Gasteiger partial charge in [-0.25, -0.2) is 0 Å². The maximum absolute atomic E-state index is 12.0. The van der Waals surface area contributed by atoms with Gasteiger partial charge in [-0.15, -0.1) is 0 Å². The van der Waals surface area contributed by atoms with E-state index >= 15 is 0 Å². The summed E-state index contributed by atoms with van der Waals surface area (Å²) in [7, 11) is 0. The molecule has 47 heteroatoms. The van der Waals surface area contributed by atoms with Crippen LogP contribution >= 0.6 is 0 Å². The van der Waals surface area contributed by atoms with Crippen molar-refractivity contribution in [2.45, 2.75) is 296 Å². The Morgan fingerprint density at radius 3 is 0.981 bits per heavy atom. The van der Waals surface area contributed by atoms with Crippen LogP contribution in [0, 0.1) is 0 Å². The minimum absolute atomic E-state index is 0.478. The average Bonchev–Trinajstić information content (AvgIpc) is 0.780. The Balaban J connectivity index is 0.834. The molecule has 10 saturated heterocycles. The summed E-state index contributed by atoms with van der Waals surface area (Å²) >= 11 is 0. The first-order valence-electron chi connectivity index (χ1n) is 33.3. The van der Waals surface area contributed by atoms with Gasteiger partial charge in [-0.3, -0.25) is 0 Å². The lowest BCUT2D eigenvalue weighted by Gasteiger charge is -2.49.